The van der Waals surface area contributed by atoms with Crippen LogP contribution >= 0.6 is 23.4 Å². The number of anilines is 1. The highest BCUT2D eigenvalue weighted by molar-refractivity contribution is 8.15. The Morgan fingerprint density at radius 3 is 2.58 bits per heavy atom. The van der Waals surface area contributed by atoms with Gasteiger partial charge in [-0.1, -0.05) is 18.5 Å². The first-order chi connectivity index (χ1) is 15.9. The summed E-state index contributed by atoms with van der Waals surface area (Å²) < 4.78 is 18.7. The molecule has 4 rings (SSSR count). The molecule has 2 aromatic rings. The maximum absolute atomic E-state index is 13.4. The second kappa shape index (κ2) is 10.1. The lowest BCUT2D eigenvalue weighted by atomic mass is 9.98. The summed E-state index contributed by atoms with van der Waals surface area (Å²) in [5.74, 6) is 1.25. The van der Waals surface area contributed by atoms with E-state index in [1.807, 2.05) is 24.3 Å². The summed E-state index contributed by atoms with van der Waals surface area (Å²) in [4.78, 5) is 24.6. The van der Waals surface area contributed by atoms with E-state index < -0.39 is 11.5 Å². The van der Waals surface area contributed by atoms with Gasteiger partial charge in [-0.3, -0.25) is 4.99 Å². The fourth-order valence-electron chi connectivity index (χ4n) is 3.83. The van der Waals surface area contributed by atoms with Crippen LogP contribution in [-0.2, 0) is 0 Å². The molecular weight excluding hydrogens is 463 g/mol. The van der Waals surface area contributed by atoms with E-state index in [1.54, 1.807) is 23.8 Å². The summed E-state index contributed by atoms with van der Waals surface area (Å²) in [6.07, 6.45) is 2.33. The highest BCUT2D eigenvalue weighted by Gasteiger charge is 2.40. The minimum atomic E-state index is -0.540. The summed E-state index contributed by atoms with van der Waals surface area (Å²) in [7, 11) is 1.65. The Hall–Kier alpha value is -2.58. The number of amides is 2. The highest BCUT2D eigenvalue weighted by atomic mass is 35.5. The van der Waals surface area contributed by atoms with Gasteiger partial charge in [-0.25, -0.2) is 14.2 Å². The van der Waals surface area contributed by atoms with Crippen LogP contribution in [-0.4, -0.2) is 53.3 Å². The van der Waals surface area contributed by atoms with Gasteiger partial charge in [0, 0.05) is 37.2 Å². The third-order valence-corrected chi connectivity index (χ3v) is 7.12. The lowest BCUT2D eigenvalue weighted by Crippen LogP contribution is -2.46. The number of hydrogen-bond acceptors (Lipinski definition) is 5. The first-order valence-corrected chi connectivity index (χ1v) is 12.3. The van der Waals surface area contributed by atoms with Gasteiger partial charge in [-0.05, 0) is 54.6 Å². The van der Waals surface area contributed by atoms with Crippen LogP contribution < -0.4 is 10.1 Å². The molecule has 1 spiro atoms. The molecule has 6 nitrogen and oxygen atoms in total. The second-order valence-corrected chi connectivity index (χ2v) is 9.47. The molecule has 1 saturated heterocycles. The van der Waals surface area contributed by atoms with Crippen molar-refractivity contribution in [1.29, 1.82) is 0 Å². The first-order valence-electron chi connectivity index (χ1n) is 10.9. The standard InChI is InChI=1S/C24H26ClFN4O2S/c1-3-14-33-22-21(16-4-7-18(32-2)8-5-16)28-24(29-22)10-12-30(13-11-24)23(31)27-17-6-9-20(26)19(25)15-17/h4-9,15H,3,10-14H2,1-2H3,(H,27,31). The Kier molecular flexibility index (Phi) is 7.24. The molecule has 2 aromatic carbocycles. The minimum absolute atomic E-state index is 0.0248. The van der Waals surface area contributed by atoms with Crippen molar-refractivity contribution in [3.63, 3.8) is 0 Å². The van der Waals surface area contributed by atoms with Gasteiger partial charge in [0.2, 0.25) is 0 Å². The van der Waals surface area contributed by atoms with Crippen LogP contribution in [0.4, 0.5) is 14.9 Å². The van der Waals surface area contributed by atoms with E-state index in [4.69, 9.17) is 26.3 Å². The molecule has 2 aliphatic rings. The molecule has 1 fully saturated rings. The van der Waals surface area contributed by atoms with Crippen LogP contribution in [0, 0.1) is 5.82 Å². The van der Waals surface area contributed by atoms with E-state index in [2.05, 4.69) is 12.2 Å². The zero-order valence-electron chi connectivity index (χ0n) is 18.6. The third kappa shape index (κ3) is 5.33. The Morgan fingerprint density at radius 1 is 1.21 bits per heavy atom. The molecule has 2 aliphatic heterocycles. The van der Waals surface area contributed by atoms with E-state index in [0.29, 0.717) is 31.6 Å². The average molecular weight is 489 g/mol. The molecule has 1 N–H and O–H groups in total. The molecule has 2 amide bonds. The Bertz CT molecular complexity index is 1080. The number of carbonyl (C=O) groups is 1. The van der Waals surface area contributed by atoms with E-state index in [0.717, 1.165) is 34.2 Å². The fraction of sp³-hybridized carbons (Fsp3) is 0.375. The van der Waals surface area contributed by atoms with Gasteiger partial charge < -0.3 is 15.0 Å². The number of hydrogen-bond donors (Lipinski definition) is 1. The predicted molar refractivity (Wildman–Crippen MR) is 134 cm³/mol. The maximum Gasteiger partial charge on any atom is 0.321 e. The summed E-state index contributed by atoms with van der Waals surface area (Å²) in [6, 6.07) is 11.8. The largest absolute Gasteiger partial charge is 0.497 e. The van der Waals surface area contributed by atoms with Crippen LogP contribution in [0.25, 0.3) is 0 Å². The van der Waals surface area contributed by atoms with Crippen LogP contribution in [0.15, 0.2) is 52.4 Å². The summed E-state index contributed by atoms with van der Waals surface area (Å²) in [5, 5.41) is 3.72. The zero-order chi connectivity index (χ0) is 23.4. The van der Waals surface area contributed by atoms with E-state index in [1.165, 1.54) is 18.2 Å². The second-order valence-electron chi connectivity index (χ2n) is 7.98. The normalized spacial score (nSPS) is 17.0. The third-order valence-electron chi connectivity index (χ3n) is 5.66. The van der Waals surface area contributed by atoms with Gasteiger partial charge in [-0.2, -0.15) is 0 Å². The number of benzene rings is 2. The number of rotatable bonds is 5. The number of thioether (sulfide) groups is 1. The first kappa shape index (κ1) is 23.6. The Balaban J connectivity index is 1.47. The van der Waals surface area contributed by atoms with Crippen molar-refractivity contribution in [2.45, 2.75) is 31.8 Å². The number of likely N-dealkylation sites (tertiary alicyclic amines) is 1. The van der Waals surface area contributed by atoms with Crippen molar-refractivity contribution in [1.82, 2.24) is 4.90 Å². The molecule has 0 aliphatic carbocycles. The van der Waals surface area contributed by atoms with Gasteiger partial charge in [0.05, 0.1) is 17.8 Å². The minimum Gasteiger partial charge on any atom is -0.497 e. The van der Waals surface area contributed by atoms with Crippen LogP contribution in [0.2, 0.25) is 5.02 Å². The maximum atomic E-state index is 13.4. The number of nitrogens with one attached hydrogen (secondary N) is 1. The number of urea groups is 1. The summed E-state index contributed by atoms with van der Waals surface area (Å²) in [6.45, 7) is 3.19. The number of carbonyl (C=O) groups excluding carboxylic acids is 1. The van der Waals surface area contributed by atoms with Gasteiger partial charge >= 0.3 is 6.03 Å². The molecule has 0 bridgehead atoms. The van der Waals surface area contributed by atoms with Crippen molar-refractivity contribution in [2.75, 3.05) is 31.3 Å². The molecule has 0 saturated carbocycles. The van der Waals surface area contributed by atoms with Gasteiger partial charge in [0.15, 0.2) is 5.66 Å². The lowest BCUT2D eigenvalue weighted by molar-refractivity contribution is 0.175. The molecule has 9 heteroatoms. The van der Waals surface area contributed by atoms with Gasteiger partial charge in [-0.15, -0.1) is 11.8 Å². The average Bonchev–Trinajstić information content (AvgIpc) is 3.18. The number of aliphatic imine (C=N–C) groups is 2. The van der Waals surface area contributed by atoms with Crippen molar-refractivity contribution in [3.8, 4) is 5.75 Å². The van der Waals surface area contributed by atoms with Gasteiger partial charge in [0.1, 0.15) is 16.6 Å². The van der Waals surface area contributed by atoms with E-state index >= 15 is 0 Å². The topological polar surface area (TPSA) is 66.3 Å². The number of piperidine rings is 1. The molecule has 2 heterocycles. The monoisotopic (exact) mass is 488 g/mol. The Morgan fingerprint density at radius 2 is 1.94 bits per heavy atom. The lowest BCUT2D eigenvalue weighted by Gasteiger charge is -2.35. The number of nitrogens with zero attached hydrogens (tertiary/aromatic N) is 3. The van der Waals surface area contributed by atoms with Crippen LogP contribution in [0.3, 0.4) is 0 Å². The smallest absolute Gasteiger partial charge is 0.321 e. The molecule has 33 heavy (non-hydrogen) atoms. The van der Waals surface area contributed by atoms with E-state index in [9.17, 15) is 9.18 Å². The molecule has 174 valence electrons. The molecular formula is C24H26ClFN4O2S. The van der Waals surface area contributed by atoms with Crippen molar-refractivity contribution in [2.24, 2.45) is 9.98 Å². The summed E-state index contributed by atoms with van der Waals surface area (Å²) in [5.41, 5.74) is 1.85. The fourth-order valence-corrected chi connectivity index (χ4v) is 4.94. The van der Waals surface area contributed by atoms with Crippen molar-refractivity contribution >= 4 is 45.8 Å². The number of ether oxygens (including phenoxy) is 1. The van der Waals surface area contributed by atoms with Crippen LogP contribution in [0.1, 0.15) is 31.7 Å². The predicted octanol–water partition coefficient (Wildman–Crippen LogP) is 5.86. The van der Waals surface area contributed by atoms with Gasteiger partial charge in [0.25, 0.3) is 0 Å². The highest BCUT2D eigenvalue weighted by Crippen LogP contribution is 2.36. The molecule has 0 radical (unpaired) electrons. The number of halogens is 2. The molecule has 0 aromatic heterocycles. The quantitative estimate of drug-likeness (QED) is 0.573. The zero-order valence-corrected chi connectivity index (χ0v) is 20.2. The Labute approximate surface area is 202 Å². The van der Waals surface area contributed by atoms with Crippen molar-refractivity contribution in [3.05, 3.63) is 58.9 Å². The SMILES string of the molecule is CCCSC1=NC2(CCN(C(=O)Nc3ccc(F)c(Cl)c3)CC2)N=C1c1ccc(OC)cc1. The van der Waals surface area contributed by atoms with Crippen molar-refractivity contribution < 1.29 is 13.9 Å². The summed E-state index contributed by atoms with van der Waals surface area (Å²) >= 11 is 7.55. The van der Waals surface area contributed by atoms with Crippen LogP contribution in [0.5, 0.6) is 5.75 Å². The molecule has 0 unspecified atom stereocenters. The van der Waals surface area contributed by atoms with E-state index in [-0.39, 0.29) is 11.1 Å². The molecule has 0 atom stereocenters. The number of methoxy groups -OCH3 is 1.